The van der Waals surface area contributed by atoms with E-state index < -0.39 is 5.54 Å². The molecule has 2 aliphatic rings. The van der Waals surface area contributed by atoms with Gasteiger partial charge in [0.15, 0.2) is 11.5 Å². The largest absolute Gasteiger partial charge is 0.486 e. The molecular weight excluding hydrogens is 420 g/mol. The van der Waals surface area contributed by atoms with Crippen LogP contribution >= 0.6 is 0 Å². The van der Waals surface area contributed by atoms with Crippen LogP contribution in [0.2, 0.25) is 0 Å². The SMILES string of the molecule is Cc1ccc(CNC(=O)C2(C)Cn3nc(C)cc3C(=O)N2c2ccc3c(c2)OCCO3)cc1. The molecule has 3 aromatic rings. The molecule has 0 saturated carbocycles. The topological polar surface area (TPSA) is 85.7 Å². The summed E-state index contributed by atoms with van der Waals surface area (Å²) in [6.45, 7) is 7.13. The Hall–Kier alpha value is -3.81. The average Bonchev–Trinajstić information content (AvgIpc) is 3.18. The summed E-state index contributed by atoms with van der Waals surface area (Å²) in [6.07, 6.45) is 0. The molecular formula is C25H26N4O4. The predicted molar refractivity (Wildman–Crippen MR) is 123 cm³/mol. The summed E-state index contributed by atoms with van der Waals surface area (Å²) in [4.78, 5) is 28.8. The molecule has 1 atom stereocenters. The first-order valence-corrected chi connectivity index (χ1v) is 11.0. The minimum absolute atomic E-state index is 0.232. The number of benzene rings is 2. The van der Waals surface area contributed by atoms with E-state index in [1.54, 1.807) is 40.8 Å². The van der Waals surface area contributed by atoms with Crippen LogP contribution in [0.1, 0.15) is 34.2 Å². The average molecular weight is 447 g/mol. The van der Waals surface area contributed by atoms with E-state index >= 15 is 0 Å². The van der Waals surface area contributed by atoms with Gasteiger partial charge in [0.1, 0.15) is 24.4 Å². The van der Waals surface area contributed by atoms with Crippen molar-refractivity contribution in [2.24, 2.45) is 0 Å². The zero-order valence-electron chi connectivity index (χ0n) is 18.9. The van der Waals surface area contributed by atoms with E-state index in [1.165, 1.54) is 0 Å². The first kappa shape index (κ1) is 21.1. The summed E-state index contributed by atoms with van der Waals surface area (Å²) in [5, 5.41) is 7.47. The maximum Gasteiger partial charge on any atom is 0.277 e. The maximum absolute atomic E-state index is 13.6. The van der Waals surface area contributed by atoms with E-state index in [2.05, 4.69) is 10.4 Å². The van der Waals surface area contributed by atoms with Crippen LogP contribution in [0.15, 0.2) is 48.5 Å². The first-order chi connectivity index (χ1) is 15.8. The number of amides is 2. The number of aromatic nitrogens is 2. The van der Waals surface area contributed by atoms with Crippen molar-refractivity contribution < 1.29 is 19.1 Å². The summed E-state index contributed by atoms with van der Waals surface area (Å²) in [5.74, 6) is 0.640. The highest BCUT2D eigenvalue weighted by atomic mass is 16.6. The molecule has 0 fully saturated rings. The van der Waals surface area contributed by atoms with E-state index in [9.17, 15) is 9.59 Å². The van der Waals surface area contributed by atoms with Gasteiger partial charge in [0.05, 0.1) is 12.2 Å². The number of rotatable bonds is 4. The number of nitrogens with one attached hydrogen (secondary N) is 1. The first-order valence-electron chi connectivity index (χ1n) is 11.0. The van der Waals surface area contributed by atoms with Crippen LogP contribution in [0, 0.1) is 13.8 Å². The van der Waals surface area contributed by atoms with Crippen LogP contribution in [0.25, 0.3) is 0 Å². The lowest BCUT2D eigenvalue weighted by Gasteiger charge is -2.43. The van der Waals surface area contributed by atoms with Crippen LogP contribution in [0.3, 0.4) is 0 Å². The predicted octanol–water partition coefficient (Wildman–Crippen LogP) is 3.01. The van der Waals surface area contributed by atoms with Crippen molar-refractivity contribution in [1.82, 2.24) is 15.1 Å². The fraction of sp³-hybridized carbons (Fsp3) is 0.320. The molecule has 0 radical (unpaired) electrons. The van der Waals surface area contributed by atoms with Crippen molar-refractivity contribution in [2.45, 2.75) is 39.4 Å². The Morgan fingerprint density at radius 1 is 1.06 bits per heavy atom. The molecule has 0 saturated heterocycles. The lowest BCUT2D eigenvalue weighted by atomic mass is 9.93. The smallest absolute Gasteiger partial charge is 0.277 e. The molecule has 33 heavy (non-hydrogen) atoms. The number of carbonyl (C=O) groups excluding carboxylic acids is 2. The monoisotopic (exact) mass is 446 g/mol. The molecule has 2 aromatic carbocycles. The zero-order valence-corrected chi connectivity index (χ0v) is 18.9. The van der Waals surface area contributed by atoms with Crippen LogP contribution in [-0.4, -0.2) is 40.3 Å². The molecule has 2 amide bonds. The number of anilines is 1. The second kappa shape index (κ2) is 7.95. The van der Waals surface area contributed by atoms with Crippen molar-refractivity contribution in [2.75, 3.05) is 18.1 Å². The van der Waals surface area contributed by atoms with Gasteiger partial charge in [-0.25, -0.2) is 0 Å². The fourth-order valence-electron chi connectivity index (χ4n) is 4.36. The van der Waals surface area contributed by atoms with Gasteiger partial charge < -0.3 is 14.8 Å². The summed E-state index contributed by atoms with van der Waals surface area (Å²) in [6, 6.07) is 15.1. The molecule has 5 rings (SSSR count). The van der Waals surface area contributed by atoms with Gasteiger partial charge in [-0.05, 0) is 44.5 Å². The summed E-state index contributed by atoms with van der Waals surface area (Å²) < 4.78 is 13.0. The highest BCUT2D eigenvalue weighted by Crippen LogP contribution is 2.39. The highest BCUT2D eigenvalue weighted by Gasteiger charge is 2.49. The Morgan fingerprint density at radius 2 is 1.79 bits per heavy atom. The Balaban J connectivity index is 1.51. The van der Waals surface area contributed by atoms with Crippen molar-refractivity contribution in [1.29, 1.82) is 0 Å². The van der Waals surface area contributed by atoms with E-state index in [1.807, 2.05) is 38.1 Å². The van der Waals surface area contributed by atoms with Gasteiger partial charge in [0.2, 0.25) is 5.91 Å². The van der Waals surface area contributed by atoms with Gasteiger partial charge in [-0.2, -0.15) is 5.10 Å². The van der Waals surface area contributed by atoms with Crippen molar-refractivity contribution in [3.05, 3.63) is 71.0 Å². The molecule has 1 aromatic heterocycles. The molecule has 8 nitrogen and oxygen atoms in total. The highest BCUT2D eigenvalue weighted by molar-refractivity contribution is 6.12. The normalized spacial score (nSPS) is 19.2. The molecule has 1 N–H and O–H groups in total. The van der Waals surface area contributed by atoms with Crippen molar-refractivity contribution >= 4 is 17.5 Å². The van der Waals surface area contributed by atoms with E-state index in [0.717, 1.165) is 16.8 Å². The fourth-order valence-corrected chi connectivity index (χ4v) is 4.36. The minimum Gasteiger partial charge on any atom is -0.486 e. The maximum atomic E-state index is 13.6. The van der Waals surface area contributed by atoms with Gasteiger partial charge in [-0.15, -0.1) is 0 Å². The lowest BCUT2D eigenvalue weighted by Crippen LogP contribution is -2.64. The van der Waals surface area contributed by atoms with Gasteiger partial charge in [-0.1, -0.05) is 29.8 Å². The minimum atomic E-state index is -1.20. The second-order valence-corrected chi connectivity index (χ2v) is 8.74. The quantitative estimate of drug-likeness (QED) is 0.666. The summed E-state index contributed by atoms with van der Waals surface area (Å²) >= 11 is 0. The Kier molecular flexibility index (Phi) is 5.08. The number of hydrogen-bond donors (Lipinski definition) is 1. The lowest BCUT2D eigenvalue weighted by molar-refractivity contribution is -0.126. The molecule has 0 spiro atoms. The van der Waals surface area contributed by atoms with Crippen LogP contribution in [-0.2, 0) is 17.9 Å². The summed E-state index contributed by atoms with van der Waals surface area (Å²) in [7, 11) is 0. The zero-order chi connectivity index (χ0) is 23.2. The van der Waals surface area contributed by atoms with Gasteiger partial charge >= 0.3 is 0 Å². The molecule has 1 unspecified atom stereocenters. The molecule has 8 heteroatoms. The number of nitrogens with zero attached hydrogens (tertiary/aromatic N) is 3. The number of ether oxygens (including phenoxy) is 2. The second-order valence-electron chi connectivity index (χ2n) is 8.74. The number of hydrogen-bond acceptors (Lipinski definition) is 5. The standard InChI is InChI=1S/C25H26N4O4/c1-16-4-6-18(7-5-16)14-26-24(31)25(3)15-28-20(12-17(2)27-28)23(30)29(25)19-8-9-21-22(13-19)33-11-10-32-21/h4-9,12-13H,10-11,14-15H2,1-3H3,(H,26,31). The molecule has 0 bridgehead atoms. The Morgan fingerprint density at radius 3 is 2.55 bits per heavy atom. The summed E-state index contributed by atoms with van der Waals surface area (Å²) in [5.41, 5.74) is 2.69. The van der Waals surface area contributed by atoms with E-state index in [0.29, 0.717) is 42.6 Å². The molecule has 0 aliphatic carbocycles. The Labute approximate surface area is 192 Å². The van der Waals surface area contributed by atoms with Crippen molar-refractivity contribution in [3.63, 3.8) is 0 Å². The number of fused-ring (bicyclic) bond motifs is 2. The van der Waals surface area contributed by atoms with E-state index in [4.69, 9.17) is 9.47 Å². The number of aryl methyl sites for hydroxylation is 2. The van der Waals surface area contributed by atoms with Gasteiger partial charge in [0.25, 0.3) is 5.91 Å². The Bertz CT molecular complexity index is 1230. The number of carbonyl (C=O) groups is 2. The van der Waals surface area contributed by atoms with Crippen LogP contribution in [0.4, 0.5) is 5.69 Å². The molecule has 2 aliphatic heterocycles. The van der Waals surface area contributed by atoms with Crippen LogP contribution < -0.4 is 19.7 Å². The van der Waals surface area contributed by atoms with Gasteiger partial charge in [0, 0.05) is 18.3 Å². The third-order valence-electron chi connectivity index (χ3n) is 6.12. The molecule has 170 valence electrons. The van der Waals surface area contributed by atoms with Crippen molar-refractivity contribution in [3.8, 4) is 11.5 Å². The third-order valence-corrected chi connectivity index (χ3v) is 6.12. The van der Waals surface area contributed by atoms with Gasteiger partial charge in [-0.3, -0.25) is 19.2 Å². The van der Waals surface area contributed by atoms with Crippen LogP contribution in [0.5, 0.6) is 11.5 Å². The third kappa shape index (κ3) is 3.71. The van der Waals surface area contributed by atoms with E-state index in [-0.39, 0.29) is 18.4 Å². The molecule has 3 heterocycles.